The summed E-state index contributed by atoms with van der Waals surface area (Å²) in [6.07, 6.45) is 2.32. The fourth-order valence-corrected chi connectivity index (χ4v) is 2.67. The molecule has 1 aliphatic carbocycles. The van der Waals surface area contributed by atoms with Crippen molar-refractivity contribution in [3.05, 3.63) is 24.0 Å². The van der Waals surface area contributed by atoms with Gasteiger partial charge in [-0.3, -0.25) is 4.79 Å². The number of carbonyl (C=O) groups excluding carboxylic acids is 2. The maximum Gasteiger partial charge on any atom is 0.408 e. The Hall–Kier alpha value is -2.64. The second-order valence-electron chi connectivity index (χ2n) is 7.79. The van der Waals surface area contributed by atoms with Crippen LogP contribution in [0.2, 0.25) is 0 Å². The number of amides is 2. The van der Waals surface area contributed by atoms with E-state index in [9.17, 15) is 14.0 Å². The number of nitrogens with one attached hydrogen (secondary N) is 4. The Morgan fingerprint density at radius 1 is 1.30 bits per heavy atom. The molecule has 0 heterocycles. The van der Waals surface area contributed by atoms with Gasteiger partial charge in [0.05, 0.1) is 11.4 Å². The van der Waals surface area contributed by atoms with E-state index in [1.165, 1.54) is 31.3 Å². The predicted octanol–water partition coefficient (Wildman–Crippen LogP) is 3.52. The maximum absolute atomic E-state index is 13.6. The number of hydrogen-bond acceptors (Lipinski definition) is 5. The average Bonchev–Trinajstić information content (AvgIpc) is 2.50. The van der Waals surface area contributed by atoms with Crippen molar-refractivity contribution in [3.63, 3.8) is 0 Å². The highest BCUT2D eigenvalue weighted by Gasteiger charge is 2.28. The summed E-state index contributed by atoms with van der Waals surface area (Å²) in [6, 6.07) is 3.35. The predicted molar refractivity (Wildman–Crippen MR) is 103 cm³/mol. The van der Waals surface area contributed by atoms with Gasteiger partial charge in [-0.15, -0.1) is 0 Å². The number of ether oxygens (including phenoxy) is 1. The molecule has 8 heteroatoms. The first-order chi connectivity index (χ1) is 12.6. The third-order valence-corrected chi connectivity index (χ3v) is 4.14. The molecule has 27 heavy (non-hydrogen) atoms. The second kappa shape index (κ2) is 8.37. The molecule has 1 saturated carbocycles. The fraction of sp³-hybridized carbons (Fsp3) is 0.526. The van der Waals surface area contributed by atoms with Crippen molar-refractivity contribution in [1.29, 1.82) is 5.41 Å². The summed E-state index contributed by atoms with van der Waals surface area (Å²) in [6.45, 7) is 6.74. The first kappa shape index (κ1) is 20.7. The van der Waals surface area contributed by atoms with E-state index in [2.05, 4.69) is 16.0 Å². The Morgan fingerprint density at radius 3 is 2.56 bits per heavy atom. The van der Waals surface area contributed by atoms with Crippen molar-refractivity contribution >= 4 is 29.6 Å². The van der Waals surface area contributed by atoms with Crippen molar-refractivity contribution in [2.45, 2.75) is 58.2 Å². The van der Waals surface area contributed by atoms with Crippen molar-refractivity contribution in [2.75, 3.05) is 10.6 Å². The molecule has 2 rings (SSSR count). The molecule has 4 N–H and O–H groups in total. The molecule has 1 aliphatic rings. The average molecular weight is 378 g/mol. The molecule has 0 aromatic heterocycles. The minimum Gasteiger partial charge on any atom is -0.444 e. The minimum absolute atomic E-state index is 0.131. The first-order valence-electron chi connectivity index (χ1n) is 8.94. The largest absolute Gasteiger partial charge is 0.444 e. The Balaban J connectivity index is 1.98. The zero-order chi connectivity index (χ0) is 20.2. The summed E-state index contributed by atoms with van der Waals surface area (Å²) in [7, 11) is 0. The van der Waals surface area contributed by atoms with Crippen LogP contribution < -0.4 is 16.0 Å². The molecular weight excluding hydrogens is 351 g/mol. The summed E-state index contributed by atoms with van der Waals surface area (Å²) < 4.78 is 18.8. The van der Waals surface area contributed by atoms with Crippen LogP contribution in [0.4, 0.5) is 20.6 Å². The molecule has 1 fully saturated rings. The third kappa shape index (κ3) is 6.23. The maximum atomic E-state index is 13.6. The summed E-state index contributed by atoms with van der Waals surface area (Å²) in [5.74, 6) is -0.619. The van der Waals surface area contributed by atoms with Gasteiger partial charge in [0, 0.05) is 6.04 Å². The van der Waals surface area contributed by atoms with Crippen molar-refractivity contribution < 1.29 is 18.7 Å². The Bertz CT molecular complexity index is 711. The Kier molecular flexibility index (Phi) is 6.41. The monoisotopic (exact) mass is 378 g/mol. The van der Waals surface area contributed by atoms with Crippen molar-refractivity contribution in [2.24, 2.45) is 5.92 Å². The zero-order valence-corrected chi connectivity index (χ0v) is 16.1. The lowest BCUT2D eigenvalue weighted by molar-refractivity contribution is -0.117. The lowest BCUT2D eigenvalue weighted by Crippen LogP contribution is -2.44. The molecule has 0 aliphatic heterocycles. The van der Waals surface area contributed by atoms with Gasteiger partial charge < -0.3 is 26.1 Å². The number of rotatable bonds is 6. The SMILES string of the molecule is CC(NC(=O)OC(C)(C)C)C(=O)Nc1ccc(F)cc1NC1CC(C=N)C1. The number of hydrogen-bond donors (Lipinski definition) is 4. The van der Waals surface area contributed by atoms with Crippen LogP contribution in [0.1, 0.15) is 40.5 Å². The van der Waals surface area contributed by atoms with Crippen molar-refractivity contribution in [1.82, 2.24) is 5.32 Å². The second-order valence-corrected chi connectivity index (χ2v) is 7.79. The smallest absolute Gasteiger partial charge is 0.408 e. The minimum atomic E-state index is -0.830. The van der Waals surface area contributed by atoms with E-state index in [4.69, 9.17) is 10.1 Å². The highest BCUT2D eigenvalue weighted by atomic mass is 19.1. The van der Waals surface area contributed by atoms with Crippen LogP contribution in [0.3, 0.4) is 0 Å². The molecular formula is C19H27FN4O3. The quantitative estimate of drug-likeness (QED) is 0.569. The Morgan fingerprint density at radius 2 is 1.96 bits per heavy atom. The molecule has 0 spiro atoms. The van der Waals surface area contributed by atoms with Gasteiger partial charge in [-0.25, -0.2) is 9.18 Å². The fourth-order valence-electron chi connectivity index (χ4n) is 2.67. The van der Waals surface area contributed by atoms with Crippen LogP contribution in [0.5, 0.6) is 0 Å². The number of halogens is 1. The van der Waals surface area contributed by atoms with Gasteiger partial charge in [-0.2, -0.15) is 0 Å². The van der Waals surface area contributed by atoms with E-state index in [1.54, 1.807) is 20.8 Å². The van der Waals surface area contributed by atoms with E-state index in [0.717, 1.165) is 12.8 Å². The lowest BCUT2D eigenvalue weighted by Gasteiger charge is -2.34. The van der Waals surface area contributed by atoms with Gasteiger partial charge in [-0.05, 0) is 70.9 Å². The van der Waals surface area contributed by atoms with E-state index >= 15 is 0 Å². The van der Waals surface area contributed by atoms with Gasteiger partial charge in [-0.1, -0.05) is 0 Å². The van der Waals surface area contributed by atoms with Crippen LogP contribution >= 0.6 is 0 Å². The summed E-state index contributed by atoms with van der Waals surface area (Å²) in [5, 5.41) is 15.6. The Labute approximate surface area is 158 Å². The number of carbonyl (C=O) groups is 2. The number of benzene rings is 1. The third-order valence-electron chi connectivity index (χ3n) is 4.14. The van der Waals surface area contributed by atoms with Gasteiger partial charge in [0.1, 0.15) is 17.5 Å². The van der Waals surface area contributed by atoms with Gasteiger partial charge in [0.2, 0.25) is 5.91 Å². The summed E-state index contributed by atoms with van der Waals surface area (Å²) in [5.41, 5.74) is 0.240. The number of alkyl carbamates (subject to hydrolysis) is 1. The van der Waals surface area contributed by atoms with E-state index in [-0.39, 0.29) is 12.0 Å². The highest BCUT2D eigenvalue weighted by molar-refractivity contribution is 5.98. The molecule has 1 unspecified atom stereocenters. The van der Waals surface area contributed by atoms with E-state index < -0.39 is 29.5 Å². The molecule has 0 bridgehead atoms. The molecule has 1 aromatic carbocycles. The van der Waals surface area contributed by atoms with Gasteiger partial charge in [0.15, 0.2) is 0 Å². The normalized spacial score (nSPS) is 20.0. The molecule has 148 valence electrons. The molecule has 7 nitrogen and oxygen atoms in total. The molecule has 0 saturated heterocycles. The van der Waals surface area contributed by atoms with Crippen LogP contribution in [-0.4, -0.2) is 35.9 Å². The first-order valence-corrected chi connectivity index (χ1v) is 8.94. The molecule has 1 aromatic rings. The van der Waals surface area contributed by atoms with Gasteiger partial charge in [0.25, 0.3) is 0 Å². The van der Waals surface area contributed by atoms with Crippen molar-refractivity contribution in [3.8, 4) is 0 Å². The molecule has 2 amide bonds. The van der Waals surface area contributed by atoms with E-state index in [0.29, 0.717) is 11.4 Å². The van der Waals surface area contributed by atoms with Crippen LogP contribution in [0, 0.1) is 17.1 Å². The summed E-state index contributed by atoms with van der Waals surface area (Å²) >= 11 is 0. The van der Waals surface area contributed by atoms with E-state index in [1.807, 2.05) is 0 Å². The highest BCUT2D eigenvalue weighted by Crippen LogP contribution is 2.32. The lowest BCUT2D eigenvalue weighted by atomic mass is 9.81. The molecule has 0 radical (unpaired) electrons. The topological polar surface area (TPSA) is 103 Å². The number of anilines is 2. The van der Waals surface area contributed by atoms with Crippen LogP contribution in [0.15, 0.2) is 18.2 Å². The standard InChI is InChI=1S/C19H27FN4O3/c1-11(22-18(26)27-19(2,3)4)17(25)24-15-6-5-13(20)9-16(15)23-14-7-12(8-14)10-21/h5-6,9-12,14,21,23H,7-8H2,1-4H3,(H,22,26)(H,24,25). The zero-order valence-electron chi connectivity index (χ0n) is 16.1. The van der Waals surface area contributed by atoms with Gasteiger partial charge >= 0.3 is 6.09 Å². The van der Waals surface area contributed by atoms with Crippen LogP contribution in [0.25, 0.3) is 0 Å². The van der Waals surface area contributed by atoms with Crippen LogP contribution in [-0.2, 0) is 9.53 Å². The summed E-state index contributed by atoms with van der Waals surface area (Å²) in [4.78, 5) is 24.2. The molecule has 1 atom stereocenters.